The highest BCUT2D eigenvalue weighted by Gasteiger charge is 2.02. The highest BCUT2D eigenvalue weighted by Crippen LogP contribution is 2.19. The van der Waals surface area contributed by atoms with Crippen molar-refractivity contribution in [2.24, 2.45) is 0 Å². The standard InChI is InChI=1S/C14H19N3O2/c1-2-16-9-10-17(14(16)18)8-5-11-19-13-7-4-3-6-12(13)15/h3-4,6-7,9-10H,2,5,8,11,15H2,1H3. The highest BCUT2D eigenvalue weighted by atomic mass is 16.5. The van der Waals surface area contributed by atoms with Crippen LogP contribution in [0.5, 0.6) is 5.75 Å². The van der Waals surface area contributed by atoms with Crippen LogP contribution < -0.4 is 16.2 Å². The van der Waals surface area contributed by atoms with Crippen molar-refractivity contribution in [2.75, 3.05) is 12.3 Å². The van der Waals surface area contributed by atoms with Crippen LogP contribution in [0.25, 0.3) is 0 Å². The van der Waals surface area contributed by atoms with Gasteiger partial charge in [0.05, 0.1) is 12.3 Å². The van der Waals surface area contributed by atoms with Crippen molar-refractivity contribution < 1.29 is 4.74 Å². The van der Waals surface area contributed by atoms with Crippen LogP contribution in [0.1, 0.15) is 13.3 Å². The van der Waals surface area contributed by atoms with Crippen LogP contribution >= 0.6 is 0 Å². The van der Waals surface area contributed by atoms with Gasteiger partial charge in [0.15, 0.2) is 0 Å². The van der Waals surface area contributed by atoms with E-state index in [0.717, 1.165) is 6.42 Å². The lowest BCUT2D eigenvalue weighted by atomic mass is 10.3. The summed E-state index contributed by atoms with van der Waals surface area (Å²) in [7, 11) is 0. The van der Waals surface area contributed by atoms with E-state index < -0.39 is 0 Å². The monoisotopic (exact) mass is 261 g/mol. The van der Waals surface area contributed by atoms with Crippen molar-refractivity contribution in [3.8, 4) is 5.75 Å². The second-order valence-corrected chi connectivity index (χ2v) is 4.30. The Morgan fingerprint density at radius 1 is 1.21 bits per heavy atom. The lowest BCUT2D eigenvalue weighted by Gasteiger charge is -2.08. The number of aromatic nitrogens is 2. The maximum absolute atomic E-state index is 11.8. The predicted molar refractivity (Wildman–Crippen MR) is 75.3 cm³/mol. The van der Waals surface area contributed by atoms with Crippen molar-refractivity contribution in [1.82, 2.24) is 9.13 Å². The molecule has 0 saturated carbocycles. The largest absolute Gasteiger partial charge is 0.491 e. The molecule has 1 aromatic heterocycles. The smallest absolute Gasteiger partial charge is 0.328 e. The van der Waals surface area contributed by atoms with Crippen molar-refractivity contribution in [2.45, 2.75) is 26.4 Å². The van der Waals surface area contributed by atoms with Gasteiger partial charge in [-0.05, 0) is 25.5 Å². The zero-order valence-electron chi connectivity index (χ0n) is 11.1. The molecule has 2 rings (SSSR count). The Bertz CT molecular complexity index is 586. The molecule has 1 heterocycles. The summed E-state index contributed by atoms with van der Waals surface area (Å²) in [5, 5.41) is 0. The van der Waals surface area contributed by atoms with Gasteiger partial charge >= 0.3 is 5.69 Å². The number of aryl methyl sites for hydroxylation is 2. The Hall–Kier alpha value is -2.17. The third-order valence-electron chi connectivity index (χ3n) is 2.98. The van der Waals surface area contributed by atoms with E-state index in [-0.39, 0.29) is 5.69 Å². The summed E-state index contributed by atoms with van der Waals surface area (Å²) >= 11 is 0. The van der Waals surface area contributed by atoms with Crippen molar-refractivity contribution in [3.05, 3.63) is 47.1 Å². The van der Waals surface area contributed by atoms with E-state index in [2.05, 4.69) is 0 Å². The first-order valence-electron chi connectivity index (χ1n) is 6.45. The molecule has 2 aromatic rings. The fraction of sp³-hybridized carbons (Fsp3) is 0.357. The quantitative estimate of drug-likeness (QED) is 0.636. The molecule has 0 bridgehead atoms. The van der Waals surface area contributed by atoms with E-state index in [1.165, 1.54) is 0 Å². The molecule has 1 aromatic carbocycles. The molecule has 0 spiro atoms. The minimum absolute atomic E-state index is 0.0294. The van der Waals surface area contributed by atoms with Crippen molar-refractivity contribution >= 4 is 5.69 Å². The van der Waals surface area contributed by atoms with Crippen molar-refractivity contribution in [1.29, 1.82) is 0 Å². The Labute approximate surface area is 112 Å². The summed E-state index contributed by atoms with van der Waals surface area (Å²) in [5.74, 6) is 0.695. The maximum atomic E-state index is 11.8. The summed E-state index contributed by atoms with van der Waals surface area (Å²) in [4.78, 5) is 11.8. The molecule has 0 amide bonds. The molecular formula is C14H19N3O2. The molecule has 5 nitrogen and oxygen atoms in total. The van der Waals surface area contributed by atoms with Crippen LogP contribution in [0.4, 0.5) is 5.69 Å². The number of ether oxygens (including phenoxy) is 1. The number of nitrogens with two attached hydrogens (primary N) is 1. The zero-order chi connectivity index (χ0) is 13.7. The van der Waals surface area contributed by atoms with E-state index in [9.17, 15) is 4.79 Å². The number of imidazole rings is 1. The molecule has 5 heteroatoms. The van der Waals surface area contributed by atoms with E-state index in [4.69, 9.17) is 10.5 Å². The third-order valence-corrected chi connectivity index (χ3v) is 2.98. The lowest BCUT2D eigenvalue weighted by Crippen LogP contribution is -2.24. The van der Waals surface area contributed by atoms with Gasteiger partial charge in [0.25, 0.3) is 0 Å². The summed E-state index contributed by atoms with van der Waals surface area (Å²) in [5.41, 5.74) is 6.44. The number of anilines is 1. The topological polar surface area (TPSA) is 62.2 Å². The van der Waals surface area contributed by atoms with Crippen LogP contribution in [-0.2, 0) is 13.1 Å². The van der Waals surface area contributed by atoms with Crippen molar-refractivity contribution in [3.63, 3.8) is 0 Å². The molecule has 0 radical (unpaired) electrons. The van der Waals surface area contributed by atoms with E-state index >= 15 is 0 Å². The number of hydrogen-bond donors (Lipinski definition) is 1. The van der Waals surface area contributed by atoms with Gasteiger partial charge in [-0.2, -0.15) is 0 Å². The van der Waals surface area contributed by atoms with Gasteiger partial charge < -0.3 is 10.5 Å². The molecule has 0 saturated heterocycles. The fourth-order valence-corrected chi connectivity index (χ4v) is 1.89. The average Bonchev–Trinajstić information content (AvgIpc) is 2.77. The van der Waals surface area contributed by atoms with E-state index in [0.29, 0.717) is 31.1 Å². The third kappa shape index (κ3) is 3.19. The van der Waals surface area contributed by atoms with Crippen LogP contribution in [0.3, 0.4) is 0 Å². The number of hydrogen-bond acceptors (Lipinski definition) is 3. The van der Waals surface area contributed by atoms with Gasteiger partial charge in [-0.25, -0.2) is 4.79 Å². The number of benzene rings is 1. The van der Waals surface area contributed by atoms with Crippen LogP contribution in [0.15, 0.2) is 41.5 Å². The summed E-state index contributed by atoms with van der Waals surface area (Å²) in [6, 6.07) is 7.41. The lowest BCUT2D eigenvalue weighted by molar-refractivity contribution is 0.302. The molecule has 0 aliphatic rings. The fourth-order valence-electron chi connectivity index (χ4n) is 1.89. The first-order valence-corrected chi connectivity index (χ1v) is 6.45. The Balaban J connectivity index is 1.83. The number of rotatable bonds is 6. The molecule has 0 aliphatic heterocycles. The minimum atomic E-state index is 0.0294. The Kier molecular flexibility index (Phi) is 4.28. The number of nitrogen functional groups attached to an aromatic ring is 1. The highest BCUT2D eigenvalue weighted by molar-refractivity contribution is 5.51. The molecular weight excluding hydrogens is 242 g/mol. The molecule has 0 unspecified atom stereocenters. The summed E-state index contributed by atoms with van der Waals surface area (Å²) in [6.07, 6.45) is 4.38. The van der Waals surface area contributed by atoms with Gasteiger partial charge in [-0.3, -0.25) is 9.13 Å². The molecule has 0 aliphatic carbocycles. The minimum Gasteiger partial charge on any atom is -0.491 e. The van der Waals surface area contributed by atoms with Gasteiger partial charge in [0.1, 0.15) is 5.75 Å². The normalized spacial score (nSPS) is 10.6. The van der Waals surface area contributed by atoms with Gasteiger partial charge in [0, 0.05) is 25.5 Å². The van der Waals surface area contributed by atoms with Gasteiger partial charge in [0.2, 0.25) is 0 Å². The van der Waals surface area contributed by atoms with Crippen LogP contribution in [-0.4, -0.2) is 15.7 Å². The zero-order valence-corrected chi connectivity index (χ0v) is 11.1. The van der Waals surface area contributed by atoms with Crippen LogP contribution in [0.2, 0.25) is 0 Å². The average molecular weight is 261 g/mol. The van der Waals surface area contributed by atoms with E-state index in [1.807, 2.05) is 31.3 Å². The van der Waals surface area contributed by atoms with E-state index in [1.54, 1.807) is 21.4 Å². The Morgan fingerprint density at radius 3 is 2.63 bits per heavy atom. The van der Waals surface area contributed by atoms with Gasteiger partial charge in [-0.1, -0.05) is 12.1 Å². The SMILES string of the molecule is CCn1ccn(CCCOc2ccccc2N)c1=O. The first-order chi connectivity index (χ1) is 9.22. The molecule has 0 atom stereocenters. The molecule has 102 valence electrons. The molecule has 0 fully saturated rings. The number of para-hydroxylation sites is 2. The molecule has 2 N–H and O–H groups in total. The predicted octanol–water partition coefficient (Wildman–Crippen LogP) is 1.72. The Morgan fingerprint density at radius 2 is 1.95 bits per heavy atom. The summed E-state index contributed by atoms with van der Waals surface area (Å²) in [6.45, 7) is 3.84. The first kappa shape index (κ1) is 13.3. The maximum Gasteiger partial charge on any atom is 0.328 e. The molecule has 19 heavy (non-hydrogen) atoms. The van der Waals surface area contributed by atoms with Gasteiger partial charge in [-0.15, -0.1) is 0 Å². The second kappa shape index (κ2) is 6.13. The summed E-state index contributed by atoms with van der Waals surface area (Å²) < 4.78 is 8.96. The number of nitrogens with zero attached hydrogens (tertiary/aromatic N) is 2. The van der Waals surface area contributed by atoms with Crippen LogP contribution in [0, 0.1) is 0 Å². The second-order valence-electron chi connectivity index (χ2n) is 4.30.